The topological polar surface area (TPSA) is 36.7 Å². The van der Waals surface area contributed by atoms with E-state index in [1.54, 1.807) is 23.6 Å². The summed E-state index contributed by atoms with van der Waals surface area (Å²) in [7, 11) is 0. The minimum Gasteiger partial charge on any atom is -0.240 e. The fourth-order valence-corrected chi connectivity index (χ4v) is 2.75. The van der Waals surface area contributed by atoms with Gasteiger partial charge in [0.1, 0.15) is 16.7 Å². The molecule has 0 saturated heterocycles. The SMILES string of the molecule is CC(C)C(C#N)c1nc(-c2ccccc2F)cs1. The molecule has 0 aliphatic heterocycles. The molecule has 92 valence electrons. The molecular formula is C14H13FN2S. The van der Waals surface area contributed by atoms with Crippen LogP contribution in [0.2, 0.25) is 0 Å². The standard InChI is InChI=1S/C14H13FN2S/c1-9(2)11(7-16)14-17-13(8-18-14)10-5-3-4-6-12(10)15/h3-6,8-9,11H,1-2H3. The molecule has 1 atom stereocenters. The molecule has 1 heterocycles. The lowest BCUT2D eigenvalue weighted by atomic mass is 9.98. The van der Waals surface area contributed by atoms with E-state index in [2.05, 4.69) is 11.1 Å². The average Bonchev–Trinajstić information content (AvgIpc) is 2.79. The van der Waals surface area contributed by atoms with Crippen LogP contribution in [0.25, 0.3) is 11.3 Å². The number of hydrogen-bond donors (Lipinski definition) is 0. The van der Waals surface area contributed by atoms with Crippen molar-refractivity contribution < 1.29 is 4.39 Å². The van der Waals surface area contributed by atoms with Gasteiger partial charge in [-0.05, 0) is 18.1 Å². The van der Waals surface area contributed by atoms with Gasteiger partial charge < -0.3 is 0 Å². The number of aromatic nitrogens is 1. The minimum atomic E-state index is -0.285. The second-order valence-corrected chi connectivity index (χ2v) is 5.29. The molecule has 18 heavy (non-hydrogen) atoms. The summed E-state index contributed by atoms with van der Waals surface area (Å²) >= 11 is 1.41. The van der Waals surface area contributed by atoms with E-state index in [-0.39, 0.29) is 17.7 Å². The van der Waals surface area contributed by atoms with Crippen molar-refractivity contribution in [3.05, 3.63) is 40.5 Å². The van der Waals surface area contributed by atoms with Crippen LogP contribution in [-0.4, -0.2) is 4.98 Å². The molecule has 1 aromatic heterocycles. The third-order valence-electron chi connectivity index (χ3n) is 2.74. The van der Waals surface area contributed by atoms with E-state index in [0.717, 1.165) is 5.01 Å². The summed E-state index contributed by atoms with van der Waals surface area (Å²) in [5.41, 5.74) is 1.09. The smallest absolute Gasteiger partial charge is 0.132 e. The second kappa shape index (κ2) is 5.28. The zero-order valence-electron chi connectivity index (χ0n) is 10.2. The van der Waals surface area contributed by atoms with Crippen LogP contribution in [0.1, 0.15) is 24.8 Å². The van der Waals surface area contributed by atoms with Crippen LogP contribution in [0.4, 0.5) is 4.39 Å². The van der Waals surface area contributed by atoms with Crippen LogP contribution in [0.5, 0.6) is 0 Å². The van der Waals surface area contributed by atoms with Crippen molar-refractivity contribution in [2.45, 2.75) is 19.8 Å². The third-order valence-corrected chi connectivity index (χ3v) is 3.67. The summed E-state index contributed by atoms with van der Waals surface area (Å²) in [6.45, 7) is 3.97. The van der Waals surface area contributed by atoms with E-state index in [9.17, 15) is 4.39 Å². The first-order chi connectivity index (χ1) is 8.63. The molecule has 2 nitrogen and oxygen atoms in total. The second-order valence-electron chi connectivity index (χ2n) is 4.40. The summed E-state index contributed by atoms with van der Waals surface area (Å²) in [6, 6.07) is 8.80. The van der Waals surface area contributed by atoms with Gasteiger partial charge in [0.05, 0.1) is 11.8 Å². The molecule has 2 aromatic rings. The van der Waals surface area contributed by atoms with Crippen LogP contribution in [0.15, 0.2) is 29.6 Å². The Morgan fingerprint density at radius 2 is 2.06 bits per heavy atom. The number of benzene rings is 1. The predicted molar refractivity (Wildman–Crippen MR) is 70.7 cm³/mol. The van der Waals surface area contributed by atoms with Gasteiger partial charge in [0.25, 0.3) is 0 Å². The highest BCUT2D eigenvalue weighted by Gasteiger charge is 2.19. The molecule has 2 rings (SSSR count). The van der Waals surface area contributed by atoms with Gasteiger partial charge in [-0.3, -0.25) is 0 Å². The van der Waals surface area contributed by atoms with Crippen molar-refractivity contribution in [3.8, 4) is 17.3 Å². The zero-order valence-corrected chi connectivity index (χ0v) is 11.0. The lowest BCUT2D eigenvalue weighted by Gasteiger charge is -2.08. The molecule has 0 spiro atoms. The number of nitriles is 1. The lowest BCUT2D eigenvalue weighted by molar-refractivity contribution is 0.584. The highest BCUT2D eigenvalue weighted by molar-refractivity contribution is 7.10. The van der Waals surface area contributed by atoms with Gasteiger partial charge in [0, 0.05) is 10.9 Å². The largest absolute Gasteiger partial charge is 0.240 e. The molecule has 0 bridgehead atoms. The Labute approximate surface area is 110 Å². The van der Waals surface area contributed by atoms with Crippen molar-refractivity contribution in [1.82, 2.24) is 4.98 Å². The molecule has 0 aliphatic rings. The maximum atomic E-state index is 13.6. The van der Waals surface area contributed by atoms with Gasteiger partial charge in [-0.15, -0.1) is 11.3 Å². The summed E-state index contributed by atoms with van der Waals surface area (Å²) in [5, 5.41) is 11.7. The first-order valence-electron chi connectivity index (χ1n) is 5.73. The number of halogens is 1. The maximum Gasteiger partial charge on any atom is 0.132 e. The summed E-state index contributed by atoms with van der Waals surface area (Å²) < 4.78 is 13.6. The monoisotopic (exact) mass is 260 g/mol. The van der Waals surface area contributed by atoms with Crippen molar-refractivity contribution >= 4 is 11.3 Å². The van der Waals surface area contributed by atoms with Gasteiger partial charge in [-0.2, -0.15) is 5.26 Å². The van der Waals surface area contributed by atoms with Crippen LogP contribution in [0, 0.1) is 23.1 Å². The Bertz CT molecular complexity index is 583. The van der Waals surface area contributed by atoms with Crippen LogP contribution >= 0.6 is 11.3 Å². The quantitative estimate of drug-likeness (QED) is 0.828. The van der Waals surface area contributed by atoms with Crippen LogP contribution in [0.3, 0.4) is 0 Å². The van der Waals surface area contributed by atoms with E-state index in [0.29, 0.717) is 11.3 Å². The number of nitrogens with zero attached hydrogens (tertiary/aromatic N) is 2. The maximum absolute atomic E-state index is 13.6. The number of thiazole rings is 1. The van der Waals surface area contributed by atoms with Crippen molar-refractivity contribution in [1.29, 1.82) is 5.26 Å². The molecular weight excluding hydrogens is 247 g/mol. The Hall–Kier alpha value is -1.73. The molecule has 1 aromatic carbocycles. The van der Waals surface area contributed by atoms with E-state index >= 15 is 0 Å². The average molecular weight is 260 g/mol. The molecule has 4 heteroatoms. The molecule has 0 radical (unpaired) electrons. The Morgan fingerprint density at radius 1 is 1.33 bits per heavy atom. The van der Waals surface area contributed by atoms with Gasteiger partial charge in [-0.25, -0.2) is 9.37 Å². The van der Waals surface area contributed by atoms with Crippen molar-refractivity contribution in [2.24, 2.45) is 5.92 Å². The van der Waals surface area contributed by atoms with Crippen molar-refractivity contribution in [3.63, 3.8) is 0 Å². The first-order valence-corrected chi connectivity index (χ1v) is 6.61. The summed E-state index contributed by atoms with van der Waals surface area (Å²) in [4.78, 5) is 4.39. The molecule has 0 N–H and O–H groups in total. The minimum absolute atomic E-state index is 0.203. The van der Waals surface area contributed by atoms with Gasteiger partial charge in [0.15, 0.2) is 0 Å². The van der Waals surface area contributed by atoms with E-state index in [4.69, 9.17) is 5.26 Å². The number of rotatable bonds is 3. The molecule has 0 fully saturated rings. The first kappa shape index (κ1) is 12.7. The summed E-state index contributed by atoms with van der Waals surface area (Å²) in [6.07, 6.45) is 0. The summed E-state index contributed by atoms with van der Waals surface area (Å²) in [5.74, 6) is -0.308. The van der Waals surface area contributed by atoms with E-state index < -0.39 is 0 Å². The Balaban J connectivity index is 2.37. The zero-order chi connectivity index (χ0) is 13.1. The third kappa shape index (κ3) is 2.41. The van der Waals surface area contributed by atoms with Crippen LogP contribution < -0.4 is 0 Å². The fourth-order valence-electron chi connectivity index (χ4n) is 1.71. The van der Waals surface area contributed by atoms with Crippen molar-refractivity contribution in [2.75, 3.05) is 0 Å². The highest BCUT2D eigenvalue weighted by Crippen LogP contribution is 2.31. The van der Waals surface area contributed by atoms with Gasteiger partial charge in [0.2, 0.25) is 0 Å². The molecule has 1 unspecified atom stereocenters. The number of hydrogen-bond acceptors (Lipinski definition) is 3. The van der Waals surface area contributed by atoms with Crippen LogP contribution in [-0.2, 0) is 0 Å². The fraction of sp³-hybridized carbons (Fsp3) is 0.286. The van der Waals surface area contributed by atoms with E-state index in [1.165, 1.54) is 17.4 Å². The normalized spacial score (nSPS) is 12.4. The van der Waals surface area contributed by atoms with E-state index in [1.807, 2.05) is 13.8 Å². The molecule has 0 aliphatic carbocycles. The predicted octanol–water partition coefficient (Wildman–Crippen LogP) is 4.21. The molecule has 0 amide bonds. The Kier molecular flexibility index (Phi) is 3.73. The highest BCUT2D eigenvalue weighted by atomic mass is 32.1. The van der Waals surface area contributed by atoms with Gasteiger partial charge >= 0.3 is 0 Å². The Morgan fingerprint density at radius 3 is 2.67 bits per heavy atom. The molecule has 0 saturated carbocycles. The lowest BCUT2D eigenvalue weighted by Crippen LogP contribution is -2.03. The van der Waals surface area contributed by atoms with Gasteiger partial charge in [-0.1, -0.05) is 26.0 Å².